The summed E-state index contributed by atoms with van der Waals surface area (Å²) in [4.78, 5) is 35.2. The molecule has 0 aliphatic heterocycles. The zero-order valence-electron chi connectivity index (χ0n) is 16.7. The van der Waals surface area contributed by atoms with Gasteiger partial charge in [-0.05, 0) is 29.8 Å². The van der Waals surface area contributed by atoms with Gasteiger partial charge in [-0.25, -0.2) is 0 Å². The monoisotopic (exact) mass is 418 g/mol. The Bertz CT molecular complexity index is 1060. The number of nitro groups is 1. The van der Waals surface area contributed by atoms with E-state index < -0.39 is 10.8 Å². The number of nitro benzene ring substituents is 1. The molecule has 0 bridgehead atoms. The molecule has 0 fully saturated rings. The average Bonchev–Trinajstić information content (AvgIpc) is 2.78. The fourth-order valence-electron chi connectivity index (χ4n) is 2.93. The molecule has 158 valence electrons. The maximum Gasteiger partial charge on any atom is 0.293 e. The Balaban J connectivity index is 1.53. The highest BCUT2D eigenvalue weighted by molar-refractivity contribution is 5.96. The van der Waals surface area contributed by atoms with Crippen LogP contribution in [0.3, 0.4) is 0 Å². The predicted octanol–water partition coefficient (Wildman–Crippen LogP) is 3.43. The first kappa shape index (κ1) is 21.5. The molecule has 0 aliphatic rings. The number of para-hydroxylation sites is 1. The second kappa shape index (κ2) is 10.5. The van der Waals surface area contributed by atoms with Crippen molar-refractivity contribution in [2.45, 2.75) is 6.42 Å². The molecule has 3 aromatic carbocycles. The summed E-state index contributed by atoms with van der Waals surface area (Å²) in [6, 6.07) is 22.6. The molecule has 0 aromatic heterocycles. The van der Waals surface area contributed by atoms with E-state index in [4.69, 9.17) is 0 Å². The number of benzene rings is 3. The lowest BCUT2D eigenvalue weighted by molar-refractivity contribution is -0.383. The summed E-state index contributed by atoms with van der Waals surface area (Å²) in [5.74, 6) is -0.598. The van der Waals surface area contributed by atoms with E-state index in [0.717, 1.165) is 5.56 Å². The minimum absolute atomic E-state index is 0.146. The predicted molar refractivity (Wildman–Crippen MR) is 118 cm³/mol. The molecule has 0 spiro atoms. The van der Waals surface area contributed by atoms with Gasteiger partial charge >= 0.3 is 0 Å². The van der Waals surface area contributed by atoms with Crippen molar-refractivity contribution in [1.29, 1.82) is 0 Å². The van der Waals surface area contributed by atoms with Crippen molar-refractivity contribution in [2.75, 3.05) is 18.4 Å². The van der Waals surface area contributed by atoms with Crippen LogP contribution in [0.4, 0.5) is 17.1 Å². The van der Waals surface area contributed by atoms with Gasteiger partial charge in [0.1, 0.15) is 5.69 Å². The van der Waals surface area contributed by atoms with Crippen molar-refractivity contribution in [3.05, 3.63) is 100 Å². The van der Waals surface area contributed by atoms with Gasteiger partial charge in [0.05, 0.1) is 11.3 Å². The zero-order valence-corrected chi connectivity index (χ0v) is 16.7. The summed E-state index contributed by atoms with van der Waals surface area (Å²) >= 11 is 0. The Kier molecular flexibility index (Phi) is 7.31. The first-order valence-corrected chi connectivity index (χ1v) is 9.72. The van der Waals surface area contributed by atoms with Crippen molar-refractivity contribution in [1.82, 2.24) is 10.6 Å². The van der Waals surface area contributed by atoms with Crippen molar-refractivity contribution >= 4 is 28.9 Å². The molecular formula is C23H22N4O4. The van der Waals surface area contributed by atoms with Crippen molar-refractivity contribution in [3.63, 3.8) is 0 Å². The maximum absolute atomic E-state index is 12.4. The summed E-state index contributed by atoms with van der Waals surface area (Å²) in [5, 5.41) is 19.8. The minimum atomic E-state index is -0.536. The van der Waals surface area contributed by atoms with Crippen LogP contribution >= 0.6 is 0 Å². The molecular weight excluding hydrogens is 396 g/mol. The van der Waals surface area contributed by atoms with Gasteiger partial charge in [-0.1, -0.05) is 48.5 Å². The number of carbonyl (C=O) groups is 2. The molecule has 3 rings (SSSR count). The van der Waals surface area contributed by atoms with E-state index in [1.54, 1.807) is 12.1 Å². The Morgan fingerprint density at radius 1 is 0.839 bits per heavy atom. The number of amides is 2. The van der Waals surface area contributed by atoms with E-state index in [0.29, 0.717) is 11.4 Å². The maximum atomic E-state index is 12.4. The first-order chi connectivity index (χ1) is 15.0. The molecule has 0 saturated heterocycles. The molecule has 0 atom stereocenters. The summed E-state index contributed by atoms with van der Waals surface area (Å²) in [5.41, 5.74) is 1.86. The third-order valence-electron chi connectivity index (χ3n) is 4.45. The molecule has 0 unspecified atom stereocenters. The Hall–Kier alpha value is -4.20. The van der Waals surface area contributed by atoms with E-state index in [1.807, 2.05) is 48.5 Å². The van der Waals surface area contributed by atoms with Gasteiger partial charge in [0.2, 0.25) is 5.91 Å². The number of hydrogen-bond acceptors (Lipinski definition) is 5. The van der Waals surface area contributed by atoms with Crippen LogP contribution in [0.5, 0.6) is 0 Å². The normalized spacial score (nSPS) is 10.2. The third-order valence-corrected chi connectivity index (χ3v) is 4.45. The van der Waals surface area contributed by atoms with Gasteiger partial charge in [0.25, 0.3) is 11.6 Å². The van der Waals surface area contributed by atoms with E-state index in [9.17, 15) is 19.7 Å². The van der Waals surface area contributed by atoms with Gasteiger partial charge in [-0.3, -0.25) is 19.7 Å². The minimum Gasteiger partial charge on any atom is -0.354 e. The van der Waals surface area contributed by atoms with Crippen molar-refractivity contribution < 1.29 is 14.5 Å². The highest BCUT2D eigenvalue weighted by atomic mass is 16.6. The second-order valence-corrected chi connectivity index (χ2v) is 6.75. The summed E-state index contributed by atoms with van der Waals surface area (Å²) < 4.78 is 0. The summed E-state index contributed by atoms with van der Waals surface area (Å²) in [7, 11) is 0. The standard InChI is InChI=1S/C23H22N4O4/c28-22(15-17-7-3-1-4-8-17)24-13-14-25-23(29)18-11-12-20(21(16-18)27(30)31)26-19-9-5-2-6-10-19/h1-12,16,26H,13-15H2,(H,24,28)(H,25,29). The molecule has 0 heterocycles. The van der Waals surface area contributed by atoms with E-state index >= 15 is 0 Å². The molecule has 0 saturated carbocycles. The highest BCUT2D eigenvalue weighted by Crippen LogP contribution is 2.28. The number of hydrogen-bond donors (Lipinski definition) is 3. The largest absolute Gasteiger partial charge is 0.354 e. The Morgan fingerprint density at radius 3 is 2.16 bits per heavy atom. The van der Waals surface area contributed by atoms with Crippen LogP contribution in [0.15, 0.2) is 78.9 Å². The number of nitrogens with zero attached hydrogens (tertiary/aromatic N) is 1. The van der Waals surface area contributed by atoms with Crippen LogP contribution in [0.2, 0.25) is 0 Å². The lowest BCUT2D eigenvalue weighted by Gasteiger charge is -2.10. The summed E-state index contributed by atoms with van der Waals surface area (Å²) in [6.07, 6.45) is 0.261. The molecule has 8 heteroatoms. The summed E-state index contributed by atoms with van der Waals surface area (Å²) in [6.45, 7) is 0.463. The lowest BCUT2D eigenvalue weighted by atomic mass is 10.1. The SMILES string of the molecule is O=C(Cc1ccccc1)NCCNC(=O)c1ccc(Nc2ccccc2)c([N+](=O)[O-])c1. The lowest BCUT2D eigenvalue weighted by Crippen LogP contribution is -2.35. The zero-order chi connectivity index (χ0) is 22.1. The van der Waals surface area contributed by atoms with E-state index in [1.165, 1.54) is 18.2 Å². The highest BCUT2D eigenvalue weighted by Gasteiger charge is 2.17. The van der Waals surface area contributed by atoms with Crippen LogP contribution in [0.1, 0.15) is 15.9 Å². The van der Waals surface area contributed by atoms with E-state index in [-0.39, 0.29) is 36.7 Å². The van der Waals surface area contributed by atoms with Gasteiger partial charge in [-0.15, -0.1) is 0 Å². The molecule has 0 radical (unpaired) electrons. The number of carbonyl (C=O) groups excluding carboxylic acids is 2. The number of anilines is 2. The number of rotatable bonds is 9. The van der Waals surface area contributed by atoms with Crippen molar-refractivity contribution in [2.24, 2.45) is 0 Å². The fraction of sp³-hybridized carbons (Fsp3) is 0.130. The molecule has 2 amide bonds. The third kappa shape index (κ3) is 6.40. The molecule has 3 aromatic rings. The number of nitrogens with one attached hydrogen (secondary N) is 3. The van der Waals surface area contributed by atoms with Crippen LogP contribution < -0.4 is 16.0 Å². The fourth-order valence-corrected chi connectivity index (χ4v) is 2.93. The van der Waals surface area contributed by atoms with Gasteiger partial charge < -0.3 is 16.0 Å². The van der Waals surface area contributed by atoms with Crippen LogP contribution in [-0.2, 0) is 11.2 Å². The second-order valence-electron chi connectivity index (χ2n) is 6.75. The van der Waals surface area contributed by atoms with E-state index in [2.05, 4.69) is 16.0 Å². The van der Waals surface area contributed by atoms with Gasteiger partial charge in [0, 0.05) is 30.4 Å². The molecule has 3 N–H and O–H groups in total. The van der Waals surface area contributed by atoms with Crippen molar-refractivity contribution in [3.8, 4) is 0 Å². The average molecular weight is 418 g/mol. The van der Waals surface area contributed by atoms with Crippen LogP contribution in [0.25, 0.3) is 0 Å². The molecule has 0 aliphatic carbocycles. The Morgan fingerprint density at radius 2 is 1.48 bits per heavy atom. The Labute approximate surface area is 179 Å². The first-order valence-electron chi connectivity index (χ1n) is 9.72. The van der Waals surface area contributed by atoms with Gasteiger partial charge in [0.15, 0.2) is 0 Å². The van der Waals surface area contributed by atoms with Crippen LogP contribution in [0, 0.1) is 10.1 Å². The topological polar surface area (TPSA) is 113 Å². The van der Waals surface area contributed by atoms with Crippen LogP contribution in [-0.4, -0.2) is 29.8 Å². The smallest absolute Gasteiger partial charge is 0.293 e. The molecule has 8 nitrogen and oxygen atoms in total. The quantitative estimate of drug-likeness (QED) is 0.280. The molecule has 31 heavy (non-hydrogen) atoms. The van der Waals surface area contributed by atoms with Gasteiger partial charge in [-0.2, -0.15) is 0 Å².